The molecule has 1 aromatic rings. The molecular formula is C12H9Cl2N3O3S. The van der Waals surface area contributed by atoms with Crippen LogP contribution in [0.3, 0.4) is 0 Å². The first kappa shape index (κ1) is 15.8. The molecule has 1 aliphatic rings. The van der Waals surface area contributed by atoms with Crippen LogP contribution in [0.4, 0.5) is 5.69 Å². The number of nitrogens with zero attached hydrogens (tertiary/aromatic N) is 1. The van der Waals surface area contributed by atoms with Crippen molar-refractivity contribution in [3.8, 4) is 0 Å². The first-order valence-corrected chi connectivity index (χ1v) is 7.15. The molecule has 0 unspecified atom stereocenters. The Morgan fingerprint density at radius 2 is 2.10 bits per heavy atom. The van der Waals surface area contributed by atoms with E-state index in [1.54, 1.807) is 18.2 Å². The number of aliphatic imine (C=N–C) groups is 1. The number of carbonyl (C=O) groups is 2. The second-order valence-electron chi connectivity index (χ2n) is 3.72. The molecule has 0 aromatic heterocycles. The Bertz CT molecular complexity index is 641. The number of thioether (sulfide) groups is 1. The van der Waals surface area contributed by atoms with E-state index in [9.17, 15) is 9.59 Å². The van der Waals surface area contributed by atoms with Gasteiger partial charge < -0.3 is 5.32 Å². The third kappa shape index (κ3) is 3.98. The number of amides is 2. The maximum Gasteiger partial charge on any atom is 0.268 e. The van der Waals surface area contributed by atoms with E-state index in [0.29, 0.717) is 15.7 Å². The van der Waals surface area contributed by atoms with E-state index in [1.165, 1.54) is 7.11 Å². The van der Waals surface area contributed by atoms with Gasteiger partial charge in [0.15, 0.2) is 5.17 Å². The van der Waals surface area contributed by atoms with E-state index in [2.05, 4.69) is 20.6 Å². The summed E-state index contributed by atoms with van der Waals surface area (Å²) >= 11 is 13.0. The van der Waals surface area contributed by atoms with Gasteiger partial charge in [0, 0.05) is 6.08 Å². The molecule has 2 N–H and O–H groups in total. The summed E-state index contributed by atoms with van der Waals surface area (Å²) in [4.78, 5) is 31.9. The van der Waals surface area contributed by atoms with Crippen LogP contribution in [-0.2, 0) is 14.4 Å². The van der Waals surface area contributed by atoms with Gasteiger partial charge in [0.05, 0.1) is 22.1 Å². The lowest BCUT2D eigenvalue weighted by Gasteiger charge is -2.01. The summed E-state index contributed by atoms with van der Waals surface area (Å²) in [6, 6.07) is 4.96. The van der Waals surface area contributed by atoms with Gasteiger partial charge in [-0.3, -0.25) is 14.4 Å². The highest BCUT2D eigenvalue weighted by molar-refractivity contribution is 8.18. The van der Waals surface area contributed by atoms with Crippen LogP contribution in [0.1, 0.15) is 0 Å². The molecule has 1 aliphatic heterocycles. The molecule has 0 spiro atoms. The highest BCUT2D eigenvalue weighted by Gasteiger charge is 2.25. The lowest BCUT2D eigenvalue weighted by molar-refractivity contribution is -0.126. The summed E-state index contributed by atoms with van der Waals surface area (Å²) in [5, 5.41) is 3.53. The molecule has 0 saturated carbocycles. The third-order valence-electron chi connectivity index (χ3n) is 2.27. The second-order valence-corrected chi connectivity index (χ2v) is 5.57. The van der Waals surface area contributed by atoms with Gasteiger partial charge in [-0.2, -0.15) is 0 Å². The topological polar surface area (TPSA) is 79.8 Å². The van der Waals surface area contributed by atoms with Crippen molar-refractivity contribution in [2.24, 2.45) is 4.99 Å². The fourth-order valence-electron chi connectivity index (χ4n) is 1.43. The molecule has 2 rings (SSSR count). The normalized spacial score (nSPS) is 18.1. The lowest BCUT2D eigenvalue weighted by atomic mass is 10.3. The van der Waals surface area contributed by atoms with E-state index in [0.717, 1.165) is 17.8 Å². The van der Waals surface area contributed by atoms with Crippen molar-refractivity contribution in [3.05, 3.63) is 39.2 Å². The van der Waals surface area contributed by atoms with Crippen molar-refractivity contribution < 1.29 is 14.4 Å². The van der Waals surface area contributed by atoms with Crippen LogP contribution < -0.4 is 10.8 Å². The van der Waals surface area contributed by atoms with Crippen LogP contribution in [0.15, 0.2) is 34.2 Å². The van der Waals surface area contributed by atoms with Gasteiger partial charge in [0.25, 0.3) is 11.8 Å². The summed E-state index contributed by atoms with van der Waals surface area (Å²) in [5.41, 5.74) is 2.44. The fraction of sp³-hybridized carbons (Fsp3) is 0.0833. The monoisotopic (exact) mass is 345 g/mol. The molecule has 1 heterocycles. The van der Waals surface area contributed by atoms with Crippen molar-refractivity contribution in [1.82, 2.24) is 10.8 Å². The Morgan fingerprint density at radius 1 is 1.43 bits per heavy atom. The summed E-state index contributed by atoms with van der Waals surface area (Å²) in [6.07, 6.45) is 1.11. The molecule has 1 fully saturated rings. The van der Waals surface area contributed by atoms with Gasteiger partial charge in [-0.05, 0) is 23.9 Å². The maximum absolute atomic E-state index is 11.7. The zero-order valence-corrected chi connectivity index (χ0v) is 13.0. The largest absolute Gasteiger partial charge is 0.300 e. The van der Waals surface area contributed by atoms with Crippen molar-refractivity contribution >= 4 is 57.6 Å². The van der Waals surface area contributed by atoms with Crippen LogP contribution in [0.25, 0.3) is 0 Å². The SMILES string of the molecule is CONC(=O)C=C1SC(=Nc2c(Cl)cccc2Cl)NC1=O. The average Bonchev–Trinajstić information content (AvgIpc) is 2.75. The summed E-state index contributed by atoms with van der Waals surface area (Å²) < 4.78 is 0. The predicted molar refractivity (Wildman–Crippen MR) is 82.5 cm³/mol. The van der Waals surface area contributed by atoms with Crippen LogP contribution in [0.2, 0.25) is 10.0 Å². The van der Waals surface area contributed by atoms with Crippen LogP contribution in [0.5, 0.6) is 0 Å². The Kier molecular flexibility index (Phi) is 5.24. The van der Waals surface area contributed by atoms with E-state index >= 15 is 0 Å². The minimum absolute atomic E-state index is 0.187. The maximum atomic E-state index is 11.7. The molecule has 9 heteroatoms. The molecule has 110 valence electrons. The van der Waals surface area contributed by atoms with Gasteiger partial charge in [0.2, 0.25) is 0 Å². The minimum atomic E-state index is -0.549. The number of para-hydroxylation sites is 1. The molecule has 21 heavy (non-hydrogen) atoms. The Labute approximate surface area is 134 Å². The zero-order chi connectivity index (χ0) is 15.4. The van der Waals surface area contributed by atoms with E-state index in [-0.39, 0.29) is 10.1 Å². The van der Waals surface area contributed by atoms with Gasteiger partial charge in [-0.1, -0.05) is 29.3 Å². The number of halogens is 2. The van der Waals surface area contributed by atoms with Crippen LogP contribution >= 0.6 is 35.0 Å². The van der Waals surface area contributed by atoms with Crippen molar-refractivity contribution in [2.45, 2.75) is 0 Å². The Morgan fingerprint density at radius 3 is 2.71 bits per heavy atom. The second kappa shape index (κ2) is 6.95. The summed E-state index contributed by atoms with van der Waals surface area (Å²) in [6.45, 7) is 0. The lowest BCUT2D eigenvalue weighted by Crippen LogP contribution is -2.22. The van der Waals surface area contributed by atoms with Crippen LogP contribution in [0, 0.1) is 0 Å². The summed E-state index contributed by atoms with van der Waals surface area (Å²) in [5.74, 6) is -0.986. The molecule has 0 bridgehead atoms. The van der Waals surface area contributed by atoms with E-state index in [1.807, 2.05) is 0 Å². The van der Waals surface area contributed by atoms with Crippen molar-refractivity contribution in [1.29, 1.82) is 0 Å². The number of amidine groups is 1. The number of hydroxylamine groups is 1. The van der Waals surface area contributed by atoms with Gasteiger partial charge >= 0.3 is 0 Å². The van der Waals surface area contributed by atoms with E-state index in [4.69, 9.17) is 23.2 Å². The quantitative estimate of drug-likeness (QED) is 0.651. The fourth-order valence-corrected chi connectivity index (χ4v) is 2.71. The zero-order valence-electron chi connectivity index (χ0n) is 10.6. The van der Waals surface area contributed by atoms with Crippen molar-refractivity contribution in [3.63, 3.8) is 0 Å². The number of hydrogen-bond donors (Lipinski definition) is 2. The standard InChI is InChI=1S/C12H9Cl2N3O3S/c1-20-17-9(18)5-8-11(19)16-12(21-8)15-10-6(13)3-2-4-7(10)14/h2-5H,1H3,(H,17,18)(H,15,16,19). The molecule has 1 saturated heterocycles. The molecule has 0 atom stereocenters. The summed E-state index contributed by atoms with van der Waals surface area (Å²) in [7, 11) is 1.30. The number of benzene rings is 1. The van der Waals surface area contributed by atoms with Crippen LogP contribution in [-0.4, -0.2) is 24.1 Å². The van der Waals surface area contributed by atoms with E-state index < -0.39 is 11.8 Å². The first-order valence-electron chi connectivity index (χ1n) is 5.58. The minimum Gasteiger partial charge on any atom is -0.300 e. The third-order valence-corrected chi connectivity index (χ3v) is 3.79. The highest BCUT2D eigenvalue weighted by Crippen LogP contribution is 2.35. The number of carbonyl (C=O) groups excluding carboxylic acids is 2. The number of hydrogen-bond acceptors (Lipinski definition) is 5. The van der Waals surface area contributed by atoms with Gasteiger partial charge in [-0.15, -0.1) is 0 Å². The van der Waals surface area contributed by atoms with Crippen molar-refractivity contribution in [2.75, 3.05) is 7.11 Å². The molecule has 0 radical (unpaired) electrons. The Hall–Kier alpha value is -1.54. The average molecular weight is 346 g/mol. The first-order chi connectivity index (χ1) is 10.0. The molecule has 1 aromatic carbocycles. The van der Waals surface area contributed by atoms with Gasteiger partial charge in [0.1, 0.15) is 5.69 Å². The molecule has 6 nitrogen and oxygen atoms in total. The molecular weight excluding hydrogens is 337 g/mol. The number of nitrogens with one attached hydrogen (secondary N) is 2. The highest BCUT2D eigenvalue weighted by atomic mass is 35.5. The smallest absolute Gasteiger partial charge is 0.268 e. The molecule has 2 amide bonds. The molecule has 0 aliphatic carbocycles. The van der Waals surface area contributed by atoms with Gasteiger partial charge in [-0.25, -0.2) is 10.5 Å². The number of rotatable bonds is 3. The predicted octanol–water partition coefficient (Wildman–Crippen LogP) is 2.41. The Balaban J connectivity index is 2.23.